The Morgan fingerprint density at radius 3 is 2.14 bits per heavy atom. The lowest BCUT2D eigenvalue weighted by Gasteiger charge is -2.11. The second-order valence-electron chi connectivity index (χ2n) is 5.14. The average Bonchev–Trinajstić information content (AvgIpc) is 2.46. The maximum Gasteiger partial charge on any atom is 0.143 e. The van der Waals surface area contributed by atoms with E-state index in [4.69, 9.17) is 0 Å². The van der Waals surface area contributed by atoms with E-state index in [9.17, 15) is 4.79 Å². The van der Waals surface area contributed by atoms with Crippen LogP contribution >= 0.6 is 0 Å². The maximum absolute atomic E-state index is 10.3. The monoisotopic (exact) mass is 281 g/mol. The molecule has 2 heteroatoms. The van der Waals surface area contributed by atoms with E-state index in [0.717, 1.165) is 17.4 Å². The number of rotatable bonds is 6. The minimum Gasteiger partial charge on any atom is -0.378 e. The normalized spacial score (nSPS) is 13.1. The Hall–Kier alpha value is -2.35. The van der Waals surface area contributed by atoms with Crippen LogP contribution in [0.25, 0.3) is 6.08 Å². The smallest absolute Gasteiger partial charge is 0.143 e. The van der Waals surface area contributed by atoms with E-state index >= 15 is 0 Å². The highest BCUT2D eigenvalue weighted by molar-refractivity contribution is 5.67. The number of carbonyl (C=O) groups is 1. The lowest BCUT2D eigenvalue weighted by Crippen LogP contribution is -2.07. The molecule has 0 fully saturated rings. The SMILES string of the molecule is CC(C=Cc1ccc(N(C)C)cc1)=C/C=C/C(C)=CC=O. The highest BCUT2D eigenvalue weighted by Gasteiger charge is 1.93. The van der Waals surface area contributed by atoms with Crippen LogP contribution in [0.3, 0.4) is 0 Å². The predicted molar refractivity (Wildman–Crippen MR) is 92.5 cm³/mol. The Morgan fingerprint density at radius 1 is 0.952 bits per heavy atom. The number of hydrogen-bond acceptors (Lipinski definition) is 2. The molecule has 0 unspecified atom stereocenters. The van der Waals surface area contributed by atoms with Crippen LogP contribution in [0.4, 0.5) is 5.69 Å². The minimum absolute atomic E-state index is 0.799. The van der Waals surface area contributed by atoms with Crippen molar-refractivity contribution in [2.45, 2.75) is 13.8 Å². The van der Waals surface area contributed by atoms with Gasteiger partial charge in [0.1, 0.15) is 6.29 Å². The fourth-order valence-corrected chi connectivity index (χ4v) is 1.68. The van der Waals surface area contributed by atoms with Gasteiger partial charge >= 0.3 is 0 Å². The van der Waals surface area contributed by atoms with E-state index in [-0.39, 0.29) is 0 Å². The summed E-state index contributed by atoms with van der Waals surface area (Å²) in [6, 6.07) is 8.41. The molecule has 2 nitrogen and oxygen atoms in total. The summed E-state index contributed by atoms with van der Waals surface area (Å²) in [5.41, 5.74) is 4.47. The first-order valence-corrected chi connectivity index (χ1v) is 6.95. The molecule has 0 spiro atoms. The second-order valence-corrected chi connectivity index (χ2v) is 5.14. The van der Waals surface area contributed by atoms with Crippen LogP contribution in [0.1, 0.15) is 19.4 Å². The molecule has 0 atom stereocenters. The van der Waals surface area contributed by atoms with Gasteiger partial charge in [-0.05, 0) is 43.2 Å². The number of carbonyl (C=O) groups excluding carboxylic acids is 1. The van der Waals surface area contributed by atoms with Gasteiger partial charge in [-0.3, -0.25) is 4.79 Å². The molecule has 1 aromatic carbocycles. The van der Waals surface area contributed by atoms with Crippen molar-refractivity contribution in [3.05, 3.63) is 71.4 Å². The summed E-state index contributed by atoms with van der Waals surface area (Å²) >= 11 is 0. The van der Waals surface area contributed by atoms with Gasteiger partial charge in [0.2, 0.25) is 0 Å². The minimum atomic E-state index is 0.799. The lowest BCUT2D eigenvalue weighted by atomic mass is 10.1. The van der Waals surface area contributed by atoms with E-state index in [1.54, 1.807) is 6.08 Å². The largest absolute Gasteiger partial charge is 0.378 e. The van der Waals surface area contributed by atoms with Crippen molar-refractivity contribution in [2.24, 2.45) is 0 Å². The average molecular weight is 281 g/mol. The molecule has 1 aromatic rings. The fourth-order valence-electron chi connectivity index (χ4n) is 1.68. The van der Waals surface area contributed by atoms with Crippen LogP contribution in [0.15, 0.2) is 65.8 Å². The van der Waals surface area contributed by atoms with Gasteiger partial charge in [-0.1, -0.05) is 48.1 Å². The molecule has 0 aliphatic heterocycles. The highest BCUT2D eigenvalue weighted by atomic mass is 16.1. The van der Waals surface area contributed by atoms with Crippen LogP contribution in [0, 0.1) is 0 Å². The van der Waals surface area contributed by atoms with Crippen LogP contribution < -0.4 is 4.90 Å². The van der Waals surface area contributed by atoms with Crippen molar-refractivity contribution in [1.29, 1.82) is 0 Å². The van der Waals surface area contributed by atoms with Gasteiger partial charge in [-0.2, -0.15) is 0 Å². The molecule has 0 saturated carbocycles. The predicted octanol–water partition coefficient (Wildman–Crippen LogP) is 4.41. The summed E-state index contributed by atoms with van der Waals surface area (Å²) in [6.45, 7) is 3.95. The molecule has 0 saturated heterocycles. The van der Waals surface area contributed by atoms with Crippen LogP contribution in [-0.2, 0) is 4.79 Å². The molecule has 0 bridgehead atoms. The molecule has 0 aliphatic rings. The summed E-state index contributed by atoms with van der Waals surface area (Å²) in [7, 11) is 4.07. The number of allylic oxidation sites excluding steroid dienone is 7. The van der Waals surface area contributed by atoms with Crippen molar-refractivity contribution in [1.82, 2.24) is 0 Å². The lowest BCUT2D eigenvalue weighted by molar-refractivity contribution is -0.104. The molecule has 0 aromatic heterocycles. The first kappa shape index (κ1) is 16.7. The first-order valence-electron chi connectivity index (χ1n) is 6.95. The number of benzene rings is 1. The Labute approximate surface area is 127 Å². The second kappa shape index (κ2) is 8.75. The van der Waals surface area contributed by atoms with Gasteiger partial charge in [0.25, 0.3) is 0 Å². The van der Waals surface area contributed by atoms with E-state index in [1.807, 2.05) is 46.2 Å². The summed E-state index contributed by atoms with van der Waals surface area (Å²) in [6.07, 6.45) is 12.4. The zero-order valence-electron chi connectivity index (χ0n) is 13.2. The molecule has 0 amide bonds. The molecule has 1 rings (SSSR count). The van der Waals surface area contributed by atoms with E-state index in [0.29, 0.717) is 0 Å². The van der Waals surface area contributed by atoms with Crippen molar-refractivity contribution >= 4 is 18.0 Å². The van der Waals surface area contributed by atoms with Gasteiger partial charge in [-0.15, -0.1) is 0 Å². The molecular formula is C19H23NO. The summed E-state index contributed by atoms with van der Waals surface area (Å²) in [4.78, 5) is 12.4. The Bertz CT molecular complexity index is 572. The molecule has 110 valence electrons. The van der Waals surface area contributed by atoms with E-state index in [1.165, 1.54) is 11.3 Å². The standard InChI is InChI=1S/C19H23NO/c1-16(6-5-7-17(2)14-15-21)8-9-18-10-12-19(13-11-18)20(3)4/h5-15H,1-4H3/b7-5+,9-8?,16-6?,17-14?. The Morgan fingerprint density at radius 2 is 1.57 bits per heavy atom. The van der Waals surface area contributed by atoms with Crippen LogP contribution in [-0.4, -0.2) is 20.4 Å². The van der Waals surface area contributed by atoms with Crippen LogP contribution in [0.5, 0.6) is 0 Å². The first-order chi connectivity index (χ1) is 10.0. The van der Waals surface area contributed by atoms with Crippen molar-refractivity contribution in [3.8, 4) is 0 Å². The van der Waals surface area contributed by atoms with Crippen LogP contribution in [0.2, 0.25) is 0 Å². The highest BCUT2D eigenvalue weighted by Crippen LogP contribution is 2.13. The van der Waals surface area contributed by atoms with E-state index < -0.39 is 0 Å². The van der Waals surface area contributed by atoms with Gasteiger partial charge in [-0.25, -0.2) is 0 Å². The zero-order valence-corrected chi connectivity index (χ0v) is 13.2. The quantitative estimate of drug-likeness (QED) is 0.437. The number of anilines is 1. The third-order valence-corrected chi connectivity index (χ3v) is 3.00. The Kier molecular flexibility index (Phi) is 6.96. The molecule has 0 N–H and O–H groups in total. The molecule has 21 heavy (non-hydrogen) atoms. The number of hydrogen-bond donors (Lipinski definition) is 0. The topological polar surface area (TPSA) is 20.3 Å². The molecule has 0 heterocycles. The maximum atomic E-state index is 10.3. The summed E-state index contributed by atoms with van der Waals surface area (Å²) < 4.78 is 0. The van der Waals surface area contributed by atoms with Gasteiger partial charge < -0.3 is 4.90 Å². The van der Waals surface area contributed by atoms with Crippen molar-refractivity contribution in [2.75, 3.05) is 19.0 Å². The van der Waals surface area contributed by atoms with Crippen molar-refractivity contribution < 1.29 is 4.79 Å². The summed E-state index contributed by atoms with van der Waals surface area (Å²) in [5.74, 6) is 0. The van der Waals surface area contributed by atoms with Gasteiger partial charge in [0.05, 0.1) is 0 Å². The van der Waals surface area contributed by atoms with Gasteiger partial charge in [0.15, 0.2) is 0 Å². The number of nitrogens with zero attached hydrogens (tertiary/aromatic N) is 1. The van der Waals surface area contributed by atoms with Crippen molar-refractivity contribution in [3.63, 3.8) is 0 Å². The summed E-state index contributed by atoms with van der Waals surface area (Å²) in [5, 5.41) is 0. The molecule has 0 aliphatic carbocycles. The molecule has 0 radical (unpaired) electrons. The third kappa shape index (κ3) is 6.57. The fraction of sp³-hybridized carbons (Fsp3) is 0.211. The Balaban J connectivity index is 2.67. The van der Waals surface area contributed by atoms with E-state index in [2.05, 4.69) is 41.3 Å². The third-order valence-electron chi connectivity index (χ3n) is 3.00. The van der Waals surface area contributed by atoms with Gasteiger partial charge in [0, 0.05) is 19.8 Å². The molecular weight excluding hydrogens is 258 g/mol. The zero-order chi connectivity index (χ0) is 15.7. The number of aldehydes is 1.